The van der Waals surface area contributed by atoms with E-state index in [1.807, 2.05) is 0 Å². The van der Waals surface area contributed by atoms with Crippen LogP contribution in [0.25, 0.3) is 11.2 Å². The fourth-order valence-electron chi connectivity index (χ4n) is 5.67. The first-order valence-electron chi connectivity index (χ1n) is 17.6. The second kappa shape index (κ2) is 20.9. The van der Waals surface area contributed by atoms with Crippen LogP contribution >= 0.6 is 35.2 Å². The van der Waals surface area contributed by atoms with Gasteiger partial charge in [-0.15, -0.1) is 0 Å². The number of nitrogens with zero attached hydrogens (tertiary/aromatic N) is 4. The lowest BCUT2D eigenvalue weighted by molar-refractivity contribution is -0.277. The number of nitrogen functional groups attached to an aromatic ring is 1. The van der Waals surface area contributed by atoms with Crippen molar-refractivity contribution >= 4 is 69.1 Å². The number of phosphoric acid groups is 3. The predicted molar refractivity (Wildman–Crippen MR) is 201 cm³/mol. The molecule has 12 atom stereocenters. The summed E-state index contributed by atoms with van der Waals surface area (Å²) in [7, 11) is -15.3. The Bertz CT molecular complexity index is 2010. The Kier molecular flexibility index (Phi) is 17.5. The molecule has 2 aromatic heterocycles. The van der Waals surface area contributed by atoms with Crippen LogP contribution in [0.15, 0.2) is 12.7 Å². The van der Waals surface area contributed by atoms with Crippen molar-refractivity contribution in [2.45, 2.75) is 81.6 Å². The zero-order valence-corrected chi connectivity index (χ0v) is 35.6. The maximum Gasteiger partial charge on any atom is 0.481 e. The van der Waals surface area contributed by atoms with Crippen LogP contribution in [0.3, 0.4) is 0 Å². The van der Waals surface area contributed by atoms with Crippen LogP contribution in [0.5, 0.6) is 0 Å². The fourth-order valence-corrected chi connectivity index (χ4v) is 9.26. The summed E-state index contributed by atoms with van der Waals surface area (Å²) < 4.78 is 72.1. The Morgan fingerprint density at radius 2 is 1.62 bits per heavy atom. The van der Waals surface area contributed by atoms with E-state index in [-0.39, 0.29) is 42.2 Å². The Hall–Kier alpha value is -2.64. The largest absolute Gasteiger partial charge is 0.481 e. The molecule has 12 unspecified atom stereocenters. The van der Waals surface area contributed by atoms with Gasteiger partial charge in [-0.25, -0.2) is 28.6 Å². The molecule has 346 valence electrons. The zero-order valence-electron chi connectivity index (χ0n) is 32.1. The minimum absolute atomic E-state index is 0.0120. The summed E-state index contributed by atoms with van der Waals surface area (Å²) in [5.41, 5.74) is 4.16. The summed E-state index contributed by atoms with van der Waals surface area (Å²) >= 11 is 0.692. The number of aliphatic hydroxyl groups is 5. The molecule has 4 heterocycles. The number of hydrogen-bond donors (Lipinski definition) is 12. The van der Waals surface area contributed by atoms with Crippen LogP contribution in [0.1, 0.15) is 26.5 Å². The summed E-state index contributed by atoms with van der Waals surface area (Å²) in [6.07, 6.45) is -15.0. The molecular formula is C28H46N7O22P3S. The van der Waals surface area contributed by atoms with Crippen LogP contribution in [-0.4, -0.2) is 176 Å². The SMILES string of the molecule is COC1C(C(=O)SCCNC(=O)CCNC(=O)C(O)C(C)(C)COP(=O)(O)OP(=O)(O)OCC2OC(n3cnc4c(N)ncnc43)C(O)C2OP(=O)(O)O)OC(O)C(O)C1O. The van der Waals surface area contributed by atoms with Gasteiger partial charge in [-0.1, -0.05) is 25.6 Å². The molecule has 61 heavy (non-hydrogen) atoms. The number of thioether (sulfide) groups is 1. The average molecular weight is 958 g/mol. The lowest BCUT2D eigenvalue weighted by atomic mass is 9.87. The van der Waals surface area contributed by atoms with Gasteiger partial charge < -0.3 is 75.7 Å². The van der Waals surface area contributed by atoms with Crippen molar-refractivity contribution < 1.29 is 105 Å². The van der Waals surface area contributed by atoms with Gasteiger partial charge in [0.2, 0.25) is 16.9 Å². The zero-order chi connectivity index (χ0) is 45.7. The molecule has 13 N–H and O–H groups in total. The van der Waals surface area contributed by atoms with E-state index in [0.29, 0.717) is 11.8 Å². The second-order valence-corrected chi connectivity index (χ2v) is 19.2. The molecule has 2 aromatic rings. The third-order valence-electron chi connectivity index (χ3n) is 8.81. The number of anilines is 1. The van der Waals surface area contributed by atoms with Crippen molar-refractivity contribution in [3.8, 4) is 0 Å². The maximum atomic E-state index is 12.7. The first-order valence-corrected chi connectivity index (χ1v) is 23.1. The Labute approximate surface area is 348 Å². The molecule has 0 spiro atoms. The van der Waals surface area contributed by atoms with Gasteiger partial charge in [0.1, 0.15) is 54.6 Å². The highest BCUT2D eigenvalue weighted by atomic mass is 32.2. The summed E-state index contributed by atoms with van der Waals surface area (Å²) in [4.78, 5) is 88.3. The van der Waals surface area contributed by atoms with E-state index in [4.69, 9.17) is 29.0 Å². The molecule has 0 aromatic carbocycles. The predicted octanol–water partition coefficient (Wildman–Crippen LogP) is -3.88. The van der Waals surface area contributed by atoms with Crippen LogP contribution in [0.4, 0.5) is 5.82 Å². The number of carbonyl (C=O) groups is 3. The van der Waals surface area contributed by atoms with Crippen LogP contribution in [0.2, 0.25) is 0 Å². The Morgan fingerprint density at radius 1 is 0.951 bits per heavy atom. The van der Waals surface area contributed by atoms with Gasteiger partial charge in [-0.3, -0.25) is 32.5 Å². The molecule has 0 radical (unpaired) electrons. The number of hydrogen-bond acceptors (Lipinski definition) is 23. The standard InChI is InChI=1S/C28H46N7O22P3S/c1-28(2,21(40)24(41)31-5-4-13(36)30-6-7-61-27(43)20-19(51-3)15(37)16(38)26(42)55-20)9-53-60(49,50)57-59(47,48)52-8-12-18(56-58(44,45)46)17(39)25(54-12)35-11-34-14-22(29)32-10-33-23(14)35/h10-12,15-21,25-26,37-40,42H,4-9H2,1-3H3,(H,30,36)(H,31,41)(H,47,48)(H,49,50)(H2,29,32,33)(H2,44,45,46). The highest BCUT2D eigenvalue weighted by Gasteiger charge is 2.51. The van der Waals surface area contributed by atoms with Gasteiger partial charge in [0, 0.05) is 37.8 Å². The molecule has 2 amide bonds. The van der Waals surface area contributed by atoms with Gasteiger partial charge >= 0.3 is 23.5 Å². The smallest absolute Gasteiger partial charge is 0.387 e. The molecule has 2 saturated heterocycles. The summed E-state index contributed by atoms with van der Waals surface area (Å²) in [5, 5.41) is 55.0. The van der Waals surface area contributed by atoms with Crippen molar-refractivity contribution in [1.82, 2.24) is 30.2 Å². The fraction of sp³-hybridized carbons (Fsp3) is 0.714. The molecular weight excluding hydrogens is 911 g/mol. The van der Waals surface area contributed by atoms with E-state index in [9.17, 15) is 73.2 Å². The number of phosphoric ester groups is 3. The number of aromatic nitrogens is 4. The number of aliphatic hydroxyl groups excluding tert-OH is 5. The Balaban J connectivity index is 1.21. The molecule has 2 fully saturated rings. The summed E-state index contributed by atoms with van der Waals surface area (Å²) in [6, 6.07) is 0. The number of carbonyl (C=O) groups excluding carboxylic acids is 3. The van der Waals surface area contributed by atoms with Gasteiger partial charge in [-0.05, 0) is 0 Å². The molecule has 0 bridgehead atoms. The van der Waals surface area contributed by atoms with Crippen LogP contribution < -0.4 is 16.4 Å². The first kappa shape index (κ1) is 51.0. The third kappa shape index (κ3) is 13.7. The van der Waals surface area contributed by atoms with E-state index in [2.05, 4.69) is 34.4 Å². The van der Waals surface area contributed by atoms with E-state index in [0.717, 1.165) is 17.2 Å². The maximum absolute atomic E-state index is 12.7. The molecule has 4 rings (SSSR count). The van der Waals surface area contributed by atoms with Crippen molar-refractivity contribution in [2.24, 2.45) is 5.41 Å². The molecule has 33 heteroatoms. The molecule has 2 aliphatic rings. The lowest BCUT2D eigenvalue weighted by Crippen LogP contribution is -2.60. The second-order valence-electron chi connectivity index (χ2n) is 13.9. The average Bonchev–Trinajstić information content (AvgIpc) is 3.73. The molecule has 0 saturated carbocycles. The normalized spacial score (nSPS) is 28.5. The molecule has 2 aliphatic heterocycles. The van der Waals surface area contributed by atoms with E-state index >= 15 is 0 Å². The first-order chi connectivity index (χ1) is 28.3. The van der Waals surface area contributed by atoms with Gasteiger partial charge in [0.05, 0.1) is 19.5 Å². The van der Waals surface area contributed by atoms with Crippen LogP contribution in [-0.2, 0) is 60.2 Å². The topological polar surface area (TPSA) is 443 Å². The van der Waals surface area contributed by atoms with Gasteiger partial charge in [0.25, 0.3) is 0 Å². The van der Waals surface area contributed by atoms with Crippen molar-refractivity contribution in [2.75, 3.05) is 44.9 Å². The van der Waals surface area contributed by atoms with E-state index in [1.165, 1.54) is 21.0 Å². The van der Waals surface area contributed by atoms with E-state index < -0.39 is 120 Å². The minimum Gasteiger partial charge on any atom is -0.387 e. The number of amides is 2. The van der Waals surface area contributed by atoms with Crippen LogP contribution in [0, 0.1) is 5.41 Å². The summed E-state index contributed by atoms with van der Waals surface area (Å²) in [6.45, 7) is -0.0231. The summed E-state index contributed by atoms with van der Waals surface area (Å²) in [5.74, 6) is -1.66. The van der Waals surface area contributed by atoms with E-state index in [1.54, 1.807) is 0 Å². The molecule has 29 nitrogen and oxygen atoms in total. The number of nitrogens with one attached hydrogen (secondary N) is 2. The quantitative estimate of drug-likeness (QED) is 0.0420. The number of rotatable bonds is 21. The van der Waals surface area contributed by atoms with Crippen molar-refractivity contribution in [1.29, 1.82) is 0 Å². The number of fused-ring (bicyclic) bond motifs is 1. The van der Waals surface area contributed by atoms with Crippen molar-refractivity contribution in [3.63, 3.8) is 0 Å². The number of ether oxygens (including phenoxy) is 3. The van der Waals surface area contributed by atoms with Gasteiger partial charge in [-0.2, -0.15) is 4.31 Å². The number of nitrogens with two attached hydrogens (primary N) is 1. The lowest BCUT2D eigenvalue weighted by Gasteiger charge is -2.39. The highest BCUT2D eigenvalue weighted by molar-refractivity contribution is 8.13. The number of methoxy groups -OCH3 is 1. The molecule has 0 aliphatic carbocycles. The monoisotopic (exact) mass is 957 g/mol. The number of imidazole rings is 1. The third-order valence-corrected chi connectivity index (χ3v) is 12.8. The minimum atomic E-state index is -5.61. The highest BCUT2D eigenvalue weighted by Crippen LogP contribution is 2.61. The van der Waals surface area contributed by atoms with Crippen molar-refractivity contribution in [3.05, 3.63) is 12.7 Å². The van der Waals surface area contributed by atoms with Gasteiger partial charge in [0.15, 0.2) is 30.1 Å². The Morgan fingerprint density at radius 3 is 2.28 bits per heavy atom.